The van der Waals surface area contributed by atoms with Crippen molar-refractivity contribution in [3.05, 3.63) is 0 Å². The van der Waals surface area contributed by atoms with Crippen molar-refractivity contribution >= 4 is 17.8 Å². The largest absolute Gasteiger partial charge is 0.481 e. The van der Waals surface area contributed by atoms with Crippen LogP contribution in [0, 0.1) is 11.8 Å². The van der Waals surface area contributed by atoms with Crippen LogP contribution in [0.5, 0.6) is 0 Å². The number of amides is 2. The van der Waals surface area contributed by atoms with Crippen molar-refractivity contribution in [1.82, 2.24) is 10.2 Å². The maximum absolute atomic E-state index is 12.1. The van der Waals surface area contributed by atoms with Crippen LogP contribution in [0.25, 0.3) is 0 Å². The fraction of sp³-hybridized carbons (Fsp3) is 0.786. The summed E-state index contributed by atoms with van der Waals surface area (Å²) in [6.07, 6.45) is 3.46. The van der Waals surface area contributed by atoms with Crippen LogP contribution in [0.3, 0.4) is 0 Å². The van der Waals surface area contributed by atoms with E-state index in [1.54, 1.807) is 4.90 Å². The Morgan fingerprint density at radius 1 is 1.35 bits per heavy atom. The van der Waals surface area contributed by atoms with Gasteiger partial charge in [-0.3, -0.25) is 14.4 Å². The van der Waals surface area contributed by atoms with Crippen molar-refractivity contribution in [3.63, 3.8) is 0 Å². The number of carbonyl (C=O) groups is 3. The van der Waals surface area contributed by atoms with Crippen molar-refractivity contribution in [1.29, 1.82) is 0 Å². The molecule has 1 unspecified atom stereocenters. The van der Waals surface area contributed by atoms with E-state index in [1.807, 2.05) is 6.92 Å². The van der Waals surface area contributed by atoms with E-state index in [4.69, 9.17) is 5.11 Å². The number of likely N-dealkylation sites (tertiary alicyclic amines) is 1. The molecule has 2 fully saturated rings. The molecular weight excluding hydrogens is 260 g/mol. The molecule has 0 aromatic heterocycles. The number of hydrogen-bond donors (Lipinski definition) is 2. The maximum atomic E-state index is 12.1. The Kier molecular flexibility index (Phi) is 4.62. The van der Waals surface area contributed by atoms with E-state index in [9.17, 15) is 14.4 Å². The van der Waals surface area contributed by atoms with Gasteiger partial charge >= 0.3 is 5.97 Å². The van der Waals surface area contributed by atoms with Gasteiger partial charge in [-0.1, -0.05) is 6.42 Å². The summed E-state index contributed by atoms with van der Waals surface area (Å²) in [6, 6.07) is -0.139. The molecule has 2 amide bonds. The summed E-state index contributed by atoms with van der Waals surface area (Å²) >= 11 is 0. The van der Waals surface area contributed by atoms with Crippen LogP contribution in [-0.2, 0) is 14.4 Å². The first-order chi connectivity index (χ1) is 9.49. The highest BCUT2D eigenvalue weighted by Crippen LogP contribution is 2.32. The lowest BCUT2D eigenvalue weighted by atomic mass is 9.95. The van der Waals surface area contributed by atoms with Crippen molar-refractivity contribution in [2.24, 2.45) is 11.8 Å². The van der Waals surface area contributed by atoms with Crippen molar-refractivity contribution in [2.75, 3.05) is 13.1 Å². The zero-order chi connectivity index (χ0) is 14.7. The molecule has 2 rings (SSSR count). The molecule has 2 N–H and O–H groups in total. The van der Waals surface area contributed by atoms with Crippen LogP contribution in [0.1, 0.15) is 39.0 Å². The highest BCUT2D eigenvalue weighted by molar-refractivity contribution is 5.85. The van der Waals surface area contributed by atoms with Crippen LogP contribution >= 0.6 is 0 Å². The lowest BCUT2D eigenvalue weighted by Gasteiger charge is -2.24. The summed E-state index contributed by atoms with van der Waals surface area (Å²) in [7, 11) is 0. The van der Waals surface area contributed by atoms with Gasteiger partial charge in [0.2, 0.25) is 11.8 Å². The predicted molar refractivity (Wildman–Crippen MR) is 71.9 cm³/mol. The van der Waals surface area contributed by atoms with E-state index in [0.717, 1.165) is 19.4 Å². The zero-order valence-corrected chi connectivity index (χ0v) is 11.8. The number of hydrogen-bond acceptors (Lipinski definition) is 3. The molecule has 2 aliphatic rings. The Bertz CT molecular complexity index is 410. The summed E-state index contributed by atoms with van der Waals surface area (Å²) in [4.78, 5) is 36.5. The first kappa shape index (κ1) is 14.8. The smallest absolute Gasteiger partial charge is 0.307 e. The summed E-state index contributed by atoms with van der Waals surface area (Å²) in [6.45, 7) is 3.11. The third-order valence-electron chi connectivity index (χ3n) is 4.22. The highest BCUT2D eigenvalue weighted by atomic mass is 16.4. The maximum Gasteiger partial charge on any atom is 0.307 e. The van der Waals surface area contributed by atoms with Crippen LogP contribution in [0.15, 0.2) is 0 Å². The number of carboxylic acids is 1. The fourth-order valence-electron chi connectivity index (χ4n) is 3.19. The number of nitrogens with zero attached hydrogens (tertiary/aromatic N) is 1. The standard InChI is InChI=1S/C14H22N2O4/c1-9(8-16-7-3-6-12(16)17)15-13(18)10-4-2-5-11(10)14(19)20/h9-11H,2-8H2,1H3,(H,15,18)(H,19,20)/t9?,10-,11+/m1/s1. The Labute approximate surface area is 118 Å². The molecular formula is C14H22N2O4. The van der Waals surface area contributed by atoms with E-state index in [1.165, 1.54) is 0 Å². The quantitative estimate of drug-likeness (QED) is 0.773. The van der Waals surface area contributed by atoms with E-state index in [-0.39, 0.29) is 17.9 Å². The number of rotatable bonds is 5. The average Bonchev–Trinajstić information content (AvgIpc) is 2.99. The third-order valence-corrected chi connectivity index (χ3v) is 4.22. The first-order valence-corrected chi connectivity index (χ1v) is 7.30. The highest BCUT2D eigenvalue weighted by Gasteiger charge is 2.38. The second-order valence-electron chi connectivity index (χ2n) is 5.84. The van der Waals surface area contributed by atoms with Gasteiger partial charge in [-0.25, -0.2) is 0 Å². The number of aliphatic carboxylic acids is 1. The molecule has 6 nitrogen and oxygen atoms in total. The van der Waals surface area contributed by atoms with E-state index in [0.29, 0.717) is 25.8 Å². The number of nitrogens with one attached hydrogen (secondary N) is 1. The van der Waals surface area contributed by atoms with Gasteiger partial charge in [-0.05, 0) is 26.2 Å². The molecule has 0 radical (unpaired) electrons. The molecule has 1 aliphatic carbocycles. The third kappa shape index (κ3) is 3.29. The first-order valence-electron chi connectivity index (χ1n) is 7.30. The lowest BCUT2D eigenvalue weighted by Crippen LogP contribution is -2.45. The van der Waals surface area contributed by atoms with Crippen LogP contribution in [0.2, 0.25) is 0 Å². The predicted octanol–water partition coefficient (Wildman–Crippen LogP) is 0.614. The molecule has 0 spiro atoms. The molecule has 0 bridgehead atoms. The van der Waals surface area contributed by atoms with Gasteiger partial charge in [-0.2, -0.15) is 0 Å². The SMILES string of the molecule is CC(CN1CCCC1=O)NC(=O)[C@@H]1CCC[C@@H]1C(=O)O. The second-order valence-corrected chi connectivity index (χ2v) is 5.84. The Balaban J connectivity index is 1.84. The minimum absolute atomic E-state index is 0.135. The van der Waals surface area contributed by atoms with Gasteiger partial charge in [0.1, 0.15) is 0 Å². The Hall–Kier alpha value is -1.59. The normalized spacial score (nSPS) is 27.6. The van der Waals surface area contributed by atoms with Gasteiger partial charge < -0.3 is 15.3 Å². The van der Waals surface area contributed by atoms with E-state index < -0.39 is 17.8 Å². The minimum Gasteiger partial charge on any atom is -0.481 e. The van der Waals surface area contributed by atoms with E-state index >= 15 is 0 Å². The molecule has 1 aliphatic heterocycles. The minimum atomic E-state index is -0.884. The molecule has 1 saturated heterocycles. The van der Waals surface area contributed by atoms with Crippen LogP contribution in [0.4, 0.5) is 0 Å². The summed E-state index contributed by atoms with van der Waals surface area (Å²) in [5, 5.41) is 12.0. The molecule has 1 saturated carbocycles. The summed E-state index contributed by atoms with van der Waals surface area (Å²) in [5.74, 6) is -1.92. The fourth-order valence-corrected chi connectivity index (χ4v) is 3.19. The van der Waals surface area contributed by atoms with Crippen LogP contribution in [-0.4, -0.2) is 46.9 Å². The molecule has 20 heavy (non-hydrogen) atoms. The second kappa shape index (κ2) is 6.24. The van der Waals surface area contributed by atoms with Crippen molar-refractivity contribution in [3.8, 4) is 0 Å². The number of carbonyl (C=O) groups excluding carboxylic acids is 2. The topological polar surface area (TPSA) is 86.7 Å². The van der Waals surface area contributed by atoms with Gasteiger partial charge in [-0.15, -0.1) is 0 Å². The molecule has 1 heterocycles. The molecule has 0 aromatic rings. The zero-order valence-electron chi connectivity index (χ0n) is 11.8. The Morgan fingerprint density at radius 3 is 2.65 bits per heavy atom. The van der Waals surface area contributed by atoms with Crippen molar-refractivity contribution in [2.45, 2.75) is 45.1 Å². The lowest BCUT2D eigenvalue weighted by molar-refractivity contribution is -0.146. The molecule has 6 heteroatoms. The molecule has 0 aromatic carbocycles. The Morgan fingerprint density at radius 2 is 2.05 bits per heavy atom. The van der Waals surface area contributed by atoms with Crippen LogP contribution < -0.4 is 5.32 Å². The van der Waals surface area contributed by atoms with Crippen molar-refractivity contribution < 1.29 is 19.5 Å². The van der Waals surface area contributed by atoms with E-state index in [2.05, 4.69) is 5.32 Å². The summed E-state index contributed by atoms with van der Waals surface area (Å²) in [5.41, 5.74) is 0. The van der Waals surface area contributed by atoms with Gasteiger partial charge in [0.25, 0.3) is 0 Å². The van der Waals surface area contributed by atoms with Gasteiger partial charge in [0.15, 0.2) is 0 Å². The average molecular weight is 282 g/mol. The summed E-state index contributed by atoms with van der Waals surface area (Å²) < 4.78 is 0. The molecule has 3 atom stereocenters. The van der Waals surface area contributed by atoms with Gasteiger partial charge in [0.05, 0.1) is 11.8 Å². The monoisotopic (exact) mass is 282 g/mol. The van der Waals surface area contributed by atoms with Gasteiger partial charge in [0, 0.05) is 25.6 Å². The number of carboxylic acid groups (broad SMARTS) is 1. The molecule has 112 valence electrons.